The second kappa shape index (κ2) is 4.49. The highest BCUT2D eigenvalue weighted by atomic mass is 15.3. The molecule has 0 aliphatic carbocycles. The number of fused-ring (bicyclic) bond motifs is 1. The van der Waals surface area contributed by atoms with Crippen molar-refractivity contribution >= 4 is 5.69 Å². The predicted molar refractivity (Wildman–Crippen MR) is 79.0 cm³/mol. The molecule has 20 heavy (non-hydrogen) atoms. The Labute approximate surface area is 117 Å². The maximum Gasteiger partial charge on any atom is 0.0834 e. The van der Waals surface area contributed by atoms with Crippen LogP contribution >= 0.6 is 0 Å². The van der Waals surface area contributed by atoms with Gasteiger partial charge < -0.3 is 5.32 Å². The Morgan fingerprint density at radius 2 is 2.10 bits per heavy atom. The number of aromatic nitrogens is 3. The van der Waals surface area contributed by atoms with Gasteiger partial charge in [0.1, 0.15) is 0 Å². The zero-order valence-corrected chi connectivity index (χ0v) is 11.0. The first-order valence-electron chi connectivity index (χ1n) is 6.72. The molecule has 0 amide bonds. The largest absolute Gasteiger partial charge is 0.384 e. The van der Waals surface area contributed by atoms with Gasteiger partial charge in [-0.05, 0) is 41.8 Å². The first-order chi connectivity index (χ1) is 9.90. The smallest absolute Gasteiger partial charge is 0.0834 e. The summed E-state index contributed by atoms with van der Waals surface area (Å²) >= 11 is 0. The molecule has 3 heterocycles. The lowest BCUT2D eigenvalue weighted by molar-refractivity contribution is 0.874. The van der Waals surface area contributed by atoms with Crippen LogP contribution in [0.25, 0.3) is 16.8 Å². The molecule has 1 aromatic carbocycles. The number of pyridine rings is 1. The monoisotopic (exact) mass is 262 g/mol. The van der Waals surface area contributed by atoms with Crippen LogP contribution in [0, 0.1) is 0 Å². The summed E-state index contributed by atoms with van der Waals surface area (Å²) in [7, 11) is 0. The molecule has 0 fully saturated rings. The van der Waals surface area contributed by atoms with Gasteiger partial charge in [0.25, 0.3) is 0 Å². The second-order valence-corrected chi connectivity index (χ2v) is 4.93. The van der Waals surface area contributed by atoms with Gasteiger partial charge in [-0.3, -0.25) is 4.98 Å². The summed E-state index contributed by atoms with van der Waals surface area (Å²) in [4.78, 5) is 4.33. The van der Waals surface area contributed by atoms with E-state index < -0.39 is 0 Å². The molecule has 0 atom stereocenters. The van der Waals surface area contributed by atoms with E-state index in [9.17, 15) is 0 Å². The van der Waals surface area contributed by atoms with Crippen molar-refractivity contribution < 1.29 is 0 Å². The van der Waals surface area contributed by atoms with Crippen LogP contribution in [0.1, 0.15) is 5.56 Å². The Morgan fingerprint density at radius 3 is 3.00 bits per heavy atom. The van der Waals surface area contributed by atoms with E-state index in [1.54, 1.807) is 6.20 Å². The number of nitrogens with zero attached hydrogens (tertiary/aromatic N) is 3. The molecule has 0 saturated heterocycles. The van der Waals surface area contributed by atoms with E-state index in [4.69, 9.17) is 0 Å². The minimum Gasteiger partial charge on any atom is -0.384 e. The van der Waals surface area contributed by atoms with Gasteiger partial charge in [-0.15, -0.1) is 0 Å². The number of hydrogen-bond donors (Lipinski definition) is 1. The highest BCUT2D eigenvalue weighted by Crippen LogP contribution is 2.28. The molecule has 0 spiro atoms. The van der Waals surface area contributed by atoms with Gasteiger partial charge in [0, 0.05) is 36.4 Å². The van der Waals surface area contributed by atoms with Gasteiger partial charge in [-0.1, -0.05) is 6.07 Å². The lowest BCUT2D eigenvalue weighted by Crippen LogP contribution is -1.95. The molecule has 0 bridgehead atoms. The normalized spacial score (nSPS) is 13.0. The number of anilines is 1. The standard InChI is InChI=1S/C16H14N4/c1-5-19-20(7-1)15-9-14(10-17-11-15)12-2-3-16-13(8-12)4-6-18-16/h1-3,5,7-11,18H,4,6H2. The van der Waals surface area contributed by atoms with E-state index in [0.717, 1.165) is 24.2 Å². The van der Waals surface area contributed by atoms with E-state index >= 15 is 0 Å². The molecule has 0 radical (unpaired) electrons. The Morgan fingerprint density at radius 1 is 1.10 bits per heavy atom. The zero-order valence-electron chi connectivity index (χ0n) is 11.0. The summed E-state index contributed by atoms with van der Waals surface area (Å²) in [6.45, 7) is 1.03. The molecule has 2 aromatic heterocycles. The van der Waals surface area contributed by atoms with E-state index in [-0.39, 0.29) is 0 Å². The average molecular weight is 262 g/mol. The zero-order chi connectivity index (χ0) is 13.4. The number of benzene rings is 1. The fourth-order valence-corrected chi connectivity index (χ4v) is 2.62. The first kappa shape index (κ1) is 11.2. The molecule has 1 N–H and O–H groups in total. The maximum atomic E-state index is 4.33. The van der Waals surface area contributed by atoms with Crippen LogP contribution in [-0.4, -0.2) is 21.3 Å². The van der Waals surface area contributed by atoms with Crippen LogP contribution in [0.3, 0.4) is 0 Å². The van der Waals surface area contributed by atoms with Crippen molar-refractivity contribution in [3.63, 3.8) is 0 Å². The van der Waals surface area contributed by atoms with E-state index in [2.05, 4.69) is 39.7 Å². The molecule has 3 aromatic rings. The molecule has 0 unspecified atom stereocenters. The van der Waals surface area contributed by atoms with Crippen molar-refractivity contribution in [2.24, 2.45) is 0 Å². The van der Waals surface area contributed by atoms with E-state index in [1.165, 1.54) is 16.8 Å². The van der Waals surface area contributed by atoms with Crippen molar-refractivity contribution in [2.75, 3.05) is 11.9 Å². The predicted octanol–water partition coefficient (Wildman–Crippen LogP) is 2.90. The average Bonchev–Trinajstić information content (AvgIpc) is 3.18. The Balaban J connectivity index is 1.77. The van der Waals surface area contributed by atoms with Gasteiger partial charge in [-0.2, -0.15) is 5.10 Å². The fraction of sp³-hybridized carbons (Fsp3) is 0.125. The molecule has 0 saturated carbocycles. The van der Waals surface area contributed by atoms with Crippen molar-refractivity contribution in [3.05, 3.63) is 60.7 Å². The number of nitrogens with one attached hydrogen (secondary N) is 1. The summed E-state index contributed by atoms with van der Waals surface area (Å²) in [6.07, 6.45) is 8.51. The third-order valence-electron chi connectivity index (χ3n) is 3.64. The molecular formula is C16H14N4. The molecule has 4 nitrogen and oxygen atoms in total. The molecule has 1 aliphatic heterocycles. The number of rotatable bonds is 2. The first-order valence-corrected chi connectivity index (χ1v) is 6.72. The maximum absolute atomic E-state index is 4.33. The lowest BCUT2D eigenvalue weighted by atomic mass is 10.0. The SMILES string of the molecule is c1cnn(-c2cncc(-c3ccc4c(c3)CCN4)c2)c1. The highest BCUT2D eigenvalue weighted by molar-refractivity contribution is 5.70. The third kappa shape index (κ3) is 1.86. The van der Waals surface area contributed by atoms with Crippen LogP contribution in [-0.2, 0) is 6.42 Å². The fourth-order valence-electron chi connectivity index (χ4n) is 2.62. The summed E-state index contributed by atoms with van der Waals surface area (Å²) in [5.41, 5.74) is 5.93. The van der Waals surface area contributed by atoms with Crippen LogP contribution in [0.2, 0.25) is 0 Å². The summed E-state index contributed by atoms with van der Waals surface area (Å²) in [5, 5.41) is 7.63. The Kier molecular flexibility index (Phi) is 2.52. The van der Waals surface area contributed by atoms with E-state index in [1.807, 2.05) is 29.3 Å². The Bertz CT molecular complexity index is 747. The van der Waals surface area contributed by atoms with Crippen LogP contribution in [0.15, 0.2) is 55.1 Å². The van der Waals surface area contributed by atoms with Gasteiger partial charge >= 0.3 is 0 Å². The van der Waals surface area contributed by atoms with E-state index in [0.29, 0.717) is 0 Å². The van der Waals surface area contributed by atoms with Crippen LogP contribution in [0.5, 0.6) is 0 Å². The van der Waals surface area contributed by atoms with Gasteiger partial charge in [0.15, 0.2) is 0 Å². The van der Waals surface area contributed by atoms with Gasteiger partial charge in [-0.25, -0.2) is 4.68 Å². The second-order valence-electron chi connectivity index (χ2n) is 4.93. The molecule has 4 rings (SSSR count). The quantitative estimate of drug-likeness (QED) is 0.772. The minimum absolute atomic E-state index is 0.978. The summed E-state index contributed by atoms with van der Waals surface area (Å²) < 4.78 is 1.82. The van der Waals surface area contributed by atoms with Crippen molar-refractivity contribution in [1.82, 2.24) is 14.8 Å². The summed E-state index contributed by atoms with van der Waals surface area (Å²) in [6, 6.07) is 10.6. The Hall–Kier alpha value is -2.62. The molecule has 98 valence electrons. The molecular weight excluding hydrogens is 248 g/mol. The highest BCUT2D eigenvalue weighted by Gasteiger charge is 2.11. The van der Waals surface area contributed by atoms with Gasteiger partial charge in [0.05, 0.1) is 11.9 Å². The van der Waals surface area contributed by atoms with Crippen LogP contribution in [0.4, 0.5) is 5.69 Å². The van der Waals surface area contributed by atoms with Crippen molar-refractivity contribution in [3.8, 4) is 16.8 Å². The topological polar surface area (TPSA) is 42.7 Å². The lowest BCUT2D eigenvalue weighted by Gasteiger charge is -2.07. The van der Waals surface area contributed by atoms with Crippen molar-refractivity contribution in [1.29, 1.82) is 0 Å². The minimum atomic E-state index is 0.978. The van der Waals surface area contributed by atoms with Crippen LogP contribution < -0.4 is 5.32 Å². The molecule has 1 aliphatic rings. The van der Waals surface area contributed by atoms with Gasteiger partial charge in [0.2, 0.25) is 0 Å². The molecule has 4 heteroatoms. The number of hydrogen-bond acceptors (Lipinski definition) is 3. The van der Waals surface area contributed by atoms with Crippen molar-refractivity contribution in [2.45, 2.75) is 6.42 Å². The third-order valence-corrected chi connectivity index (χ3v) is 3.64. The summed E-state index contributed by atoms with van der Waals surface area (Å²) in [5.74, 6) is 0.